The van der Waals surface area contributed by atoms with Crippen molar-refractivity contribution in [1.29, 1.82) is 0 Å². The van der Waals surface area contributed by atoms with Gasteiger partial charge in [-0.05, 0) is 25.7 Å². The van der Waals surface area contributed by atoms with E-state index in [4.69, 9.17) is 24.4 Å². The molecular formula is C10H26N6S4. The Morgan fingerprint density at radius 3 is 1.15 bits per heavy atom. The number of nitrogens with zero attached hydrogens (tertiary/aromatic N) is 2. The summed E-state index contributed by atoms with van der Waals surface area (Å²) in [4.78, 5) is 0. The second-order valence-electron chi connectivity index (χ2n) is 4.22. The van der Waals surface area contributed by atoms with E-state index in [2.05, 4.69) is 46.1 Å². The van der Waals surface area contributed by atoms with Gasteiger partial charge in [0.2, 0.25) is 0 Å². The van der Waals surface area contributed by atoms with Crippen molar-refractivity contribution < 1.29 is 0 Å². The first-order chi connectivity index (χ1) is 8.58. The van der Waals surface area contributed by atoms with Gasteiger partial charge in [0.15, 0.2) is 0 Å². The highest BCUT2D eigenvalue weighted by molar-refractivity contribution is 8.11. The molecule has 120 valence electrons. The van der Waals surface area contributed by atoms with E-state index in [0.29, 0.717) is 8.64 Å². The number of rotatable bonds is 2. The van der Waals surface area contributed by atoms with Crippen LogP contribution in [-0.2, 0) is 0 Å². The molecule has 0 amide bonds. The predicted octanol–water partition coefficient (Wildman–Crippen LogP) is 1.93. The third-order valence-corrected chi connectivity index (χ3v) is 3.10. The maximum absolute atomic E-state index is 4.74. The minimum atomic E-state index is 0. The number of hydrogen-bond acceptors (Lipinski definition) is 6. The fourth-order valence-electron chi connectivity index (χ4n) is 1.93. The van der Waals surface area contributed by atoms with Gasteiger partial charge in [-0.15, -0.1) is 25.3 Å². The minimum absolute atomic E-state index is 0. The first-order valence-electron chi connectivity index (χ1n) is 6.07. The normalized spacial score (nSPS) is 18.1. The summed E-state index contributed by atoms with van der Waals surface area (Å²) < 4.78 is 1.13. The van der Waals surface area contributed by atoms with Gasteiger partial charge in [0.1, 0.15) is 8.64 Å². The van der Waals surface area contributed by atoms with Crippen molar-refractivity contribution in [1.82, 2.24) is 33.2 Å². The predicted molar refractivity (Wildman–Crippen MR) is 101 cm³/mol. The van der Waals surface area contributed by atoms with E-state index in [1.165, 1.54) is 25.7 Å². The molecule has 2 aliphatic heterocycles. The zero-order chi connectivity index (χ0) is 13.4. The molecule has 2 aliphatic rings. The standard InChI is InChI=1S/2C5H10N2S2.2H3N/c2*8-5(9)6-7-3-1-2-4-7;;/h2*1-4H2,(H2,6,8,9);2*1H3. The molecule has 6 nitrogen and oxygen atoms in total. The molecule has 0 atom stereocenters. The summed E-state index contributed by atoms with van der Waals surface area (Å²) in [5.41, 5.74) is 5.94. The van der Waals surface area contributed by atoms with Gasteiger partial charge in [-0.1, -0.05) is 24.4 Å². The average molecular weight is 359 g/mol. The van der Waals surface area contributed by atoms with Crippen molar-refractivity contribution in [3.8, 4) is 0 Å². The quantitative estimate of drug-likeness (QED) is 0.329. The van der Waals surface area contributed by atoms with Gasteiger partial charge in [-0.2, -0.15) is 0 Å². The van der Waals surface area contributed by atoms with Crippen molar-refractivity contribution in [2.45, 2.75) is 25.7 Å². The van der Waals surface area contributed by atoms with E-state index in [1.54, 1.807) is 0 Å². The van der Waals surface area contributed by atoms with Gasteiger partial charge in [-0.3, -0.25) is 0 Å². The maximum Gasteiger partial charge on any atom is 0.145 e. The van der Waals surface area contributed by atoms with Gasteiger partial charge in [0, 0.05) is 26.2 Å². The van der Waals surface area contributed by atoms with Crippen LogP contribution in [0.5, 0.6) is 0 Å². The van der Waals surface area contributed by atoms with E-state index < -0.39 is 0 Å². The Hall–Kier alpha value is 0.320. The summed E-state index contributed by atoms with van der Waals surface area (Å²) in [6.07, 6.45) is 5.07. The van der Waals surface area contributed by atoms with Crippen LogP contribution in [0, 0.1) is 0 Å². The molecule has 2 fully saturated rings. The second-order valence-corrected chi connectivity index (χ2v) is 6.54. The Kier molecular flexibility index (Phi) is 14.7. The summed E-state index contributed by atoms with van der Waals surface area (Å²) in [5.74, 6) is 0. The average Bonchev–Trinajstić information content (AvgIpc) is 2.90. The van der Waals surface area contributed by atoms with Crippen LogP contribution in [0.1, 0.15) is 25.7 Å². The van der Waals surface area contributed by atoms with E-state index >= 15 is 0 Å². The van der Waals surface area contributed by atoms with E-state index in [0.717, 1.165) is 26.2 Å². The largest absolute Gasteiger partial charge is 0.344 e. The van der Waals surface area contributed by atoms with Crippen molar-refractivity contribution in [3.63, 3.8) is 0 Å². The minimum Gasteiger partial charge on any atom is -0.344 e. The van der Waals surface area contributed by atoms with Crippen LogP contribution in [0.15, 0.2) is 0 Å². The molecule has 10 heteroatoms. The molecule has 0 bridgehead atoms. The molecule has 0 saturated carbocycles. The highest BCUT2D eigenvalue weighted by atomic mass is 32.1. The number of thiocarbonyl (C=S) groups is 2. The van der Waals surface area contributed by atoms with Gasteiger partial charge in [0.25, 0.3) is 0 Å². The molecule has 2 rings (SSSR count). The van der Waals surface area contributed by atoms with Gasteiger partial charge >= 0.3 is 0 Å². The highest BCUT2D eigenvalue weighted by Gasteiger charge is 2.10. The zero-order valence-electron chi connectivity index (χ0n) is 11.7. The van der Waals surface area contributed by atoms with Crippen LogP contribution in [0.4, 0.5) is 0 Å². The van der Waals surface area contributed by atoms with Gasteiger partial charge < -0.3 is 23.2 Å². The van der Waals surface area contributed by atoms with Crippen LogP contribution >= 0.6 is 49.7 Å². The van der Waals surface area contributed by atoms with E-state index in [1.807, 2.05) is 0 Å². The summed E-state index contributed by atoms with van der Waals surface area (Å²) >= 11 is 17.4. The molecule has 0 unspecified atom stereocenters. The Labute approximate surface area is 143 Å². The third kappa shape index (κ3) is 11.0. The van der Waals surface area contributed by atoms with Gasteiger partial charge in [0.05, 0.1) is 0 Å². The zero-order valence-corrected chi connectivity index (χ0v) is 15.1. The number of thiol groups is 2. The molecule has 0 aromatic rings. The molecular weight excluding hydrogens is 332 g/mol. The lowest BCUT2D eigenvalue weighted by atomic mass is 10.4. The lowest BCUT2D eigenvalue weighted by molar-refractivity contribution is 0.300. The van der Waals surface area contributed by atoms with Crippen LogP contribution in [0.2, 0.25) is 0 Å². The van der Waals surface area contributed by atoms with Crippen molar-refractivity contribution >= 4 is 58.3 Å². The second kappa shape index (κ2) is 13.0. The number of hydrogen-bond donors (Lipinski definition) is 6. The topological polar surface area (TPSA) is 101 Å². The molecule has 0 radical (unpaired) electrons. The molecule has 0 aromatic carbocycles. The van der Waals surface area contributed by atoms with Crippen molar-refractivity contribution in [3.05, 3.63) is 0 Å². The van der Waals surface area contributed by atoms with Crippen molar-refractivity contribution in [2.75, 3.05) is 26.2 Å². The molecule has 0 aromatic heterocycles. The Morgan fingerprint density at radius 1 is 0.700 bits per heavy atom. The van der Waals surface area contributed by atoms with Crippen LogP contribution in [-0.4, -0.2) is 44.8 Å². The molecule has 8 N–H and O–H groups in total. The number of hydrazine groups is 2. The Morgan fingerprint density at radius 2 is 0.950 bits per heavy atom. The Bertz CT molecular complexity index is 251. The smallest absolute Gasteiger partial charge is 0.145 e. The fourth-order valence-corrected chi connectivity index (χ4v) is 2.47. The molecule has 0 aliphatic carbocycles. The molecule has 0 spiro atoms. The lowest BCUT2D eigenvalue weighted by Gasteiger charge is -2.14. The maximum atomic E-state index is 4.74. The number of nitrogens with one attached hydrogen (secondary N) is 2. The summed E-state index contributed by atoms with van der Waals surface area (Å²) in [5, 5.41) is 4.19. The monoisotopic (exact) mass is 358 g/mol. The third-order valence-electron chi connectivity index (χ3n) is 2.72. The molecule has 2 heterocycles. The fraction of sp³-hybridized carbons (Fsp3) is 0.800. The van der Waals surface area contributed by atoms with Crippen LogP contribution in [0.3, 0.4) is 0 Å². The van der Waals surface area contributed by atoms with Gasteiger partial charge in [-0.25, -0.2) is 10.0 Å². The SMILES string of the molecule is N.N.S=C(S)NN1CCCC1.S=C(S)NN1CCCC1. The molecule has 20 heavy (non-hydrogen) atoms. The lowest BCUT2D eigenvalue weighted by Crippen LogP contribution is -2.36. The van der Waals surface area contributed by atoms with E-state index in [9.17, 15) is 0 Å². The van der Waals surface area contributed by atoms with Crippen LogP contribution in [0.25, 0.3) is 0 Å². The summed E-state index contributed by atoms with van der Waals surface area (Å²) in [7, 11) is 0. The summed E-state index contributed by atoms with van der Waals surface area (Å²) in [6, 6.07) is 0. The van der Waals surface area contributed by atoms with E-state index in [-0.39, 0.29) is 12.3 Å². The first kappa shape index (κ1) is 22.6. The summed E-state index contributed by atoms with van der Waals surface area (Å²) in [6.45, 7) is 4.39. The Balaban J connectivity index is 0. The first-order valence-corrected chi connectivity index (χ1v) is 7.78. The highest BCUT2D eigenvalue weighted by Crippen LogP contribution is 2.04. The van der Waals surface area contributed by atoms with Crippen molar-refractivity contribution in [2.24, 2.45) is 0 Å². The van der Waals surface area contributed by atoms with Crippen LogP contribution < -0.4 is 23.2 Å². The molecule has 2 saturated heterocycles.